The minimum Gasteiger partial charge on any atom is -0.472 e. The van der Waals surface area contributed by atoms with Gasteiger partial charge in [0.15, 0.2) is 0 Å². The first-order valence-electron chi connectivity index (χ1n) is 7.26. The summed E-state index contributed by atoms with van der Waals surface area (Å²) in [6.45, 7) is 1.94. The van der Waals surface area contributed by atoms with Gasteiger partial charge < -0.3 is 19.3 Å². The molecule has 2 aliphatic rings. The zero-order chi connectivity index (χ0) is 14.9. The Bertz CT molecular complexity index is 508. The Balaban J connectivity index is 1.58. The van der Waals surface area contributed by atoms with Crippen LogP contribution < -0.4 is 4.74 Å². The Morgan fingerprint density at radius 3 is 3.10 bits per heavy atom. The molecule has 0 N–H and O–H groups in total. The predicted octanol–water partition coefficient (Wildman–Crippen LogP) is 1.38. The molecule has 0 aliphatic carbocycles. The van der Waals surface area contributed by atoms with E-state index in [1.165, 1.54) is 0 Å². The Labute approximate surface area is 124 Å². The van der Waals surface area contributed by atoms with E-state index in [1.807, 2.05) is 23.1 Å². The van der Waals surface area contributed by atoms with Crippen LogP contribution in [0.3, 0.4) is 0 Å². The second-order valence-corrected chi connectivity index (χ2v) is 5.95. The highest BCUT2D eigenvalue weighted by molar-refractivity contribution is 5.74. The number of aromatic nitrogens is 1. The van der Waals surface area contributed by atoms with Crippen LogP contribution in [0.1, 0.15) is 12.8 Å². The molecule has 3 heterocycles. The molecule has 6 nitrogen and oxygen atoms in total. The van der Waals surface area contributed by atoms with Gasteiger partial charge in [0.2, 0.25) is 5.88 Å². The summed E-state index contributed by atoms with van der Waals surface area (Å²) in [7, 11) is 3.55. The van der Waals surface area contributed by atoms with Gasteiger partial charge in [-0.3, -0.25) is 0 Å². The molecular weight excluding hydrogens is 270 g/mol. The normalized spacial score (nSPS) is 28.1. The van der Waals surface area contributed by atoms with Crippen LogP contribution in [-0.4, -0.2) is 66.3 Å². The maximum atomic E-state index is 12.0. The lowest BCUT2D eigenvalue weighted by molar-refractivity contribution is 0.0114. The third-order valence-corrected chi connectivity index (χ3v) is 4.07. The molecule has 1 aromatic rings. The van der Waals surface area contributed by atoms with Gasteiger partial charge in [-0.25, -0.2) is 9.78 Å². The van der Waals surface area contributed by atoms with Crippen molar-refractivity contribution >= 4 is 6.03 Å². The molecule has 3 rings (SSSR count). The standard InChI is InChI=1S/C15H21N3O3/c1-17(2)14(19)18-8-6-15(11-18)9-12(10-20-15)21-13-5-3-4-7-16-13/h3-5,7,12H,6,8-11H2,1-2H3/t12-,15-/m0/s1. The third-order valence-electron chi connectivity index (χ3n) is 4.07. The Kier molecular flexibility index (Phi) is 3.71. The number of carbonyl (C=O) groups is 1. The minimum absolute atomic E-state index is 0.00862. The lowest BCUT2D eigenvalue weighted by atomic mass is 9.98. The van der Waals surface area contributed by atoms with Crippen molar-refractivity contribution in [1.29, 1.82) is 0 Å². The molecule has 2 amide bonds. The van der Waals surface area contributed by atoms with Crippen LogP contribution in [0.5, 0.6) is 5.88 Å². The molecule has 6 heteroatoms. The fraction of sp³-hybridized carbons (Fsp3) is 0.600. The summed E-state index contributed by atoms with van der Waals surface area (Å²) < 4.78 is 11.8. The summed E-state index contributed by atoms with van der Waals surface area (Å²) in [4.78, 5) is 19.6. The van der Waals surface area contributed by atoms with Gasteiger partial charge in [-0.2, -0.15) is 0 Å². The van der Waals surface area contributed by atoms with Gasteiger partial charge in [-0.05, 0) is 12.5 Å². The van der Waals surface area contributed by atoms with Crippen molar-refractivity contribution in [2.45, 2.75) is 24.5 Å². The molecule has 2 aliphatic heterocycles. The number of nitrogens with zero attached hydrogens (tertiary/aromatic N) is 3. The van der Waals surface area contributed by atoms with Crippen molar-refractivity contribution < 1.29 is 14.3 Å². The van der Waals surface area contributed by atoms with Crippen molar-refractivity contribution in [3.8, 4) is 5.88 Å². The van der Waals surface area contributed by atoms with E-state index in [2.05, 4.69) is 4.98 Å². The van der Waals surface area contributed by atoms with Crippen LogP contribution in [0.2, 0.25) is 0 Å². The van der Waals surface area contributed by atoms with E-state index in [0.717, 1.165) is 19.4 Å². The average Bonchev–Trinajstić information content (AvgIpc) is 3.07. The van der Waals surface area contributed by atoms with E-state index in [4.69, 9.17) is 9.47 Å². The maximum Gasteiger partial charge on any atom is 0.319 e. The summed E-state index contributed by atoms with van der Waals surface area (Å²) in [6.07, 6.45) is 3.40. The lowest BCUT2D eigenvalue weighted by Crippen LogP contribution is -2.41. The van der Waals surface area contributed by atoms with Gasteiger partial charge in [0.25, 0.3) is 0 Å². The largest absolute Gasteiger partial charge is 0.472 e. The van der Waals surface area contributed by atoms with E-state index in [-0.39, 0.29) is 17.7 Å². The van der Waals surface area contributed by atoms with Crippen molar-refractivity contribution in [2.24, 2.45) is 0 Å². The first-order chi connectivity index (χ1) is 10.1. The molecule has 1 aromatic heterocycles. The summed E-state index contributed by atoms with van der Waals surface area (Å²) in [6, 6.07) is 5.66. The highest BCUT2D eigenvalue weighted by Gasteiger charge is 2.47. The molecule has 0 saturated carbocycles. The molecule has 21 heavy (non-hydrogen) atoms. The van der Waals surface area contributed by atoms with Gasteiger partial charge in [-0.1, -0.05) is 6.07 Å². The minimum atomic E-state index is -0.245. The summed E-state index contributed by atoms with van der Waals surface area (Å²) in [5.74, 6) is 0.627. The van der Waals surface area contributed by atoms with Gasteiger partial charge in [0.05, 0.1) is 18.8 Å². The number of pyridine rings is 1. The molecule has 2 atom stereocenters. The van der Waals surface area contributed by atoms with E-state index < -0.39 is 0 Å². The first-order valence-corrected chi connectivity index (χ1v) is 7.26. The molecule has 2 saturated heterocycles. The summed E-state index contributed by atoms with van der Waals surface area (Å²) >= 11 is 0. The molecule has 0 bridgehead atoms. The number of urea groups is 1. The van der Waals surface area contributed by atoms with Crippen molar-refractivity contribution in [1.82, 2.24) is 14.8 Å². The van der Waals surface area contributed by atoms with Crippen LogP contribution in [0.25, 0.3) is 0 Å². The average molecular weight is 291 g/mol. The van der Waals surface area contributed by atoms with Crippen LogP contribution in [0, 0.1) is 0 Å². The molecule has 114 valence electrons. The molecule has 1 spiro atoms. The van der Waals surface area contributed by atoms with E-state index in [1.54, 1.807) is 25.2 Å². The van der Waals surface area contributed by atoms with Crippen molar-refractivity contribution in [3.05, 3.63) is 24.4 Å². The smallest absolute Gasteiger partial charge is 0.319 e. The summed E-state index contributed by atoms with van der Waals surface area (Å²) in [5.41, 5.74) is -0.245. The van der Waals surface area contributed by atoms with Gasteiger partial charge >= 0.3 is 6.03 Å². The quantitative estimate of drug-likeness (QED) is 0.826. The Morgan fingerprint density at radius 1 is 1.52 bits per heavy atom. The number of hydrogen-bond donors (Lipinski definition) is 0. The second-order valence-electron chi connectivity index (χ2n) is 5.95. The lowest BCUT2D eigenvalue weighted by Gasteiger charge is -2.25. The zero-order valence-electron chi connectivity index (χ0n) is 12.5. The van der Waals surface area contributed by atoms with Crippen LogP contribution in [0.15, 0.2) is 24.4 Å². The fourth-order valence-electron chi connectivity index (χ4n) is 3.04. The van der Waals surface area contributed by atoms with E-state index >= 15 is 0 Å². The number of likely N-dealkylation sites (tertiary alicyclic amines) is 1. The Morgan fingerprint density at radius 2 is 2.38 bits per heavy atom. The van der Waals surface area contributed by atoms with Crippen LogP contribution in [0.4, 0.5) is 4.79 Å². The maximum absolute atomic E-state index is 12.0. The Hall–Kier alpha value is -1.82. The number of carbonyl (C=O) groups excluding carboxylic acids is 1. The van der Waals surface area contributed by atoms with Gasteiger partial charge in [0.1, 0.15) is 6.10 Å². The van der Waals surface area contributed by atoms with E-state index in [0.29, 0.717) is 19.0 Å². The predicted molar refractivity (Wildman–Crippen MR) is 77.2 cm³/mol. The van der Waals surface area contributed by atoms with Crippen LogP contribution >= 0.6 is 0 Å². The van der Waals surface area contributed by atoms with Crippen molar-refractivity contribution in [3.63, 3.8) is 0 Å². The molecule has 2 fully saturated rings. The fourth-order valence-corrected chi connectivity index (χ4v) is 3.04. The number of hydrogen-bond acceptors (Lipinski definition) is 4. The van der Waals surface area contributed by atoms with E-state index in [9.17, 15) is 4.79 Å². The zero-order valence-corrected chi connectivity index (χ0v) is 12.5. The molecule has 0 unspecified atom stereocenters. The van der Waals surface area contributed by atoms with Crippen LogP contribution in [-0.2, 0) is 4.74 Å². The third kappa shape index (κ3) is 2.95. The topological polar surface area (TPSA) is 54.9 Å². The number of amides is 2. The number of ether oxygens (including phenoxy) is 2. The molecule has 0 aromatic carbocycles. The van der Waals surface area contributed by atoms with Crippen molar-refractivity contribution in [2.75, 3.05) is 33.8 Å². The SMILES string of the molecule is CN(C)C(=O)N1CC[C@]2(C[C@H](Oc3ccccn3)CO2)C1. The monoisotopic (exact) mass is 291 g/mol. The van der Waals surface area contributed by atoms with Gasteiger partial charge in [0, 0.05) is 39.3 Å². The summed E-state index contributed by atoms with van der Waals surface area (Å²) in [5, 5.41) is 0. The van der Waals surface area contributed by atoms with Gasteiger partial charge in [-0.15, -0.1) is 0 Å². The highest BCUT2D eigenvalue weighted by Crippen LogP contribution is 2.36. The molecular formula is C15H21N3O3. The first kappa shape index (κ1) is 14.1. The molecule has 0 radical (unpaired) electrons. The second kappa shape index (κ2) is 5.52. The highest BCUT2D eigenvalue weighted by atomic mass is 16.6. The number of rotatable bonds is 2.